The number of anilines is 1. The monoisotopic (exact) mass is 376 g/mol. The minimum absolute atomic E-state index is 0.174. The Bertz CT molecular complexity index is 796. The van der Waals surface area contributed by atoms with Crippen LogP contribution in [0.25, 0.3) is 0 Å². The van der Waals surface area contributed by atoms with Crippen LogP contribution in [0.4, 0.5) is 10.5 Å². The van der Waals surface area contributed by atoms with Gasteiger partial charge in [0.1, 0.15) is 0 Å². The number of hydrogen-bond donors (Lipinski definition) is 2. The molecule has 3 aromatic rings. The molecule has 0 fully saturated rings. The minimum atomic E-state index is -0.174. The zero-order valence-electron chi connectivity index (χ0n) is 15.4. The highest BCUT2D eigenvalue weighted by Crippen LogP contribution is 2.27. The van der Waals surface area contributed by atoms with E-state index in [0.717, 1.165) is 12.1 Å². The number of benzene rings is 3. The first kappa shape index (κ1) is 19.1. The lowest BCUT2D eigenvalue weighted by Crippen LogP contribution is -2.30. The highest BCUT2D eigenvalue weighted by atomic mass is 32.2. The van der Waals surface area contributed by atoms with Crippen molar-refractivity contribution in [2.45, 2.75) is 17.2 Å². The summed E-state index contributed by atoms with van der Waals surface area (Å²) in [5, 5.41) is 5.86. The largest absolute Gasteiger partial charge is 0.338 e. The lowest BCUT2D eigenvalue weighted by Gasteiger charge is -2.18. The van der Waals surface area contributed by atoms with Crippen molar-refractivity contribution in [1.82, 2.24) is 5.32 Å². The lowest BCUT2D eigenvalue weighted by atomic mass is 9.88. The number of thioether (sulfide) groups is 1. The van der Waals surface area contributed by atoms with Crippen LogP contribution in [0.15, 0.2) is 89.8 Å². The van der Waals surface area contributed by atoms with Gasteiger partial charge in [-0.1, -0.05) is 60.7 Å². The SMILES string of the molecule is CSc1ccc(NC(=O)NCCC(c2ccccc2)c2ccccc2)cc1. The highest BCUT2D eigenvalue weighted by molar-refractivity contribution is 7.98. The summed E-state index contributed by atoms with van der Waals surface area (Å²) in [5.74, 6) is 0.258. The van der Waals surface area contributed by atoms with Crippen LogP contribution in [0, 0.1) is 0 Å². The van der Waals surface area contributed by atoms with Crippen molar-refractivity contribution >= 4 is 23.5 Å². The Hall–Kier alpha value is -2.72. The molecule has 0 saturated carbocycles. The number of urea groups is 1. The van der Waals surface area contributed by atoms with Gasteiger partial charge in [0.05, 0.1) is 0 Å². The van der Waals surface area contributed by atoms with E-state index in [2.05, 4.69) is 59.2 Å². The van der Waals surface area contributed by atoms with Gasteiger partial charge in [-0.2, -0.15) is 0 Å². The minimum Gasteiger partial charge on any atom is -0.338 e. The van der Waals surface area contributed by atoms with Gasteiger partial charge in [0.15, 0.2) is 0 Å². The van der Waals surface area contributed by atoms with E-state index in [0.29, 0.717) is 6.54 Å². The van der Waals surface area contributed by atoms with Crippen LogP contribution in [0.5, 0.6) is 0 Å². The van der Waals surface area contributed by atoms with Crippen LogP contribution in [-0.4, -0.2) is 18.8 Å². The highest BCUT2D eigenvalue weighted by Gasteiger charge is 2.14. The molecule has 0 aliphatic rings. The molecule has 2 N–H and O–H groups in total. The van der Waals surface area contributed by atoms with E-state index >= 15 is 0 Å². The van der Waals surface area contributed by atoms with Gasteiger partial charge in [0.2, 0.25) is 0 Å². The van der Waals surface area contributed by atoms with Gasteiger partial charge in [0.25, 0.3) is 0 Å². The second-order valence-corrected chi connectivity index (χ2v) is 7.15. The van der Waals surface area contributed by atoms with Crippen LogP contribution < -0.4 is 10.6 Å². The molecule has 3 rings (SSSR count). The van der Waals surface area contributed by atoms with E-state index in [-0.39, 0.29) is 11.9 Å². The Labute approximate surface area is 165 Å². The number of nitrogens with one attached hydrogen (secondary N) is 2. The maximum absolute atomic E-state index is 12.2. The molecule has 0 saturated heterocycles. The molecule has 138 valence electrons. The molecule has 27 heavy (non-hydrogen) atoms. The lowest BCUT2D eigenvalue weighted by molar-refractivity contribution is 0.252. The van der Waals surface area contributed by atoms with Gasteiger partial charge in [0, 0.05) is 23.0 Å². The van der Waals surface area contributed by atoms with E-state index in [9.17, 15) is 4.79 Å². The molecular formula is C23H24N2OS. The van der Waals surface area contributed by atoms with Gasteiger partial charge < -0.3 is 10.6 Å². The van der Waals surface area contributed by atoms with Crippen LogP contribution >= 0.6 is 11.8 Å². The maximum atomic E-state index is 12.2. The summed E-state index contributed by atoms with van der Waals surface area (Å²) in [6.45, 7) is 0.600. The smallest absolute Gasteiger partial charge is 0.319 e. The summed E-state index contributed by atoms with van der Waals surface area (Å²) >= 11 is 1.68. The third-order valence-corrected chi connectivity index (χ3v) is 5.21. The normalized spacial score (nSPS) is 10.6. The summed E-state index contributed by atoms with van der Waals surface area (Å²) in [6, 6.07) is 28.5. The molecule has 0 unspecified atom stereocenters. The van der Waals surface area contributed by atoms with Gasteiger partial charge in [-0.25, -0.2) is 4.79 Å². The molecule has 3 aromatic carbocycles. The Morgan fingerprint density at radius 3 is 1.93 bits per heavy atom. The fourth-order valence-electron chi connectivity index (χ4n) is 3.08. The molecule has 0 aliphatic carbocycles. The number of amides is 2. The van der Waals surface area contributed by atoms with Crippen molar-refractivity contribution in [3.63, 3.8) is 0 Å². The standard InChI is InChI=1S/C23H24N2OS/c1-27-21-14-12-20(13-15-21)25-23(26)24-17-16-22(18-8-4-2-5-9-18)19-10-6-3-7-11-19/h2-15,22H,16-17H2,1H3,(H2,24,25,26). The van der Waals surface area contributed by atoms with Crippen molar-refractivity contribution in [3.05, 3.63) is 96.1 Å². The van der Waals surface area contributed by atoms with Crippen LogP contribution in [0.2, 0.25) is 0 Å². The Morgan fingerprint density at radius 2 is 1.41 bits per heavy atom. The number of carbonyl (C=O) groups is 1. The summed E-state index contributed by atoms with van der Waals surface area (Å²) in [6.07, 6.45) is 2.87. The zero-order chi connectivity index (χ0) is 18.9. The van der Waals surface area contributed by atoms with E-state index < -0.39 is 0 Å². The maximum Gasteiger partial charge on any atom is 0.319 e. The summed E-state index contributed by atoms with van der Waals surface area (Å²) in [4.78, 5) is 13.4. The first-order valence-electron chi connectivity index (χ1n) is 9.05. The number of hydrogen-bond acceptors (Lipinski definition) is 2. The van der Waals surface area contributed by atoms with E-state index in [1.807, 2.05) is 42.7 Å². The molecule has 0 aromatic heterocycles. The van der Waals surface area contributed by atoms with Crippen molar-refractivity contribution in [2.75, 3.05) is 18.1 Å². The first-order valence-corrected chi connectivity index (χ1v) is 10.3. The third-order valence-electron chi connectivity index (χ3n) is 4.47. The molecule has 0 bridgehead atoms. The van der Waals surface area contributed by atoms with E-state index in [1.54, 1.807) is 11.8 Å². The van der Waals surface area contributed by atoms with Gasteiger partial charge in [-0.05, 0) is 48.1 Å². The molecule has 0 atom stereocenters. The molecule has 0 spiro atoms. The van der Waals surface area contributed by atoms with Crippen molar-refractivity contribution in [2.24, 2.45) is 0 Å². The predicted octanol–water partition coefficient (Wildman–Crippen LogP) is 5.75. The molecule has 0 aliphatic heterocycles. The summed E-state index contributed by atoms with van der Waals surface area (Å²) in [7, 11) is 0. The Morgan fingerprint density at radius 1 is 0.852 bits per heavy atom. The molecule has 0 radical (unpaired) electrons. The fourth-order valence-corrected chi connectivity index (χ4v) is 3.48. The average Bonchev–Trinajstić information content (AvgIpc) is 2.73. The van der Waals surface area contributed by atoms with Gasteiger partial charge in [-0.15, -0.1) is 11.8 Å². The average molecular weight is 377 g/mol. The molecular weight excluding hydrogens is 352 g/mol. The Kier molecular flexibility index (Phi) is 6.94. The van der Waals surface area contributed by atoms with Gasteiger partial charge in [-0.3, -0.25) is 0 Å². The summed E-state index contributed by atoms with van der Waals surface area (Å²) < 4.78 is 0. The second-order valence-electron chi connectivity index (χ2n) is 6.27. The number of rotatable bonds is 7. The zero-order valence-corrected chi connectivity index (χ0v) is 16.2. The topological polar surface area (TPSA) is 41.1 Å². The second kappa shape index (κ2) is 9.83. The number of carbonyl (C=O) groups excluding carboxylic acids is 1. The van der Waals surface area contributed by atoms with Crippen molar-refractivity contribution in [3.8, 4) is 0 Å². The quantitative estimate of drug-likeness (QED) is 0.515. The first-order chi connectivity index (χ1) is 13.3. The molecule has 2 amide bonds. The molecule has 4 heteroatoms. The summed E-state index contributed by atoms with van der Waals surface area (Å²) in [5.41, 5.74) is 3.32. The predicted molar refractivity (Wildman–Crippen MR) is 115 cm³/mol. The van der Waals surface area contributed by atoms with Crippen LogP contribution in [-0.2, 0) is 0 Å². The van der Waals surface area contributed by atoms with Gasteiger partial charge >= 0.3 is 6.03 Å². The molecule has 3 nitrogen and oxygen atoms in total. The Balaban J connectivity index is 1.58. The van der Waals surface area contributed by atoms with Crippen LogP contribution in [0.1, 0.15) is 23.5 Å². The van der Waals surface area contributed by atoms with Crippen molar-refractivity contribution in [1.29, 1.82) is 0 Å². The van der Waals surface area contributed by atoms with Crippen molar-refractivity contribution < 1.29 is 4.79 Å². The van der Waals surface area contributed by atoms with E-state index in [4.69, 9.17) is 0 Å². The van der Waals surface area contributed by atoms with Crippen LogP contribution in [0.3, 0.4) is 0 Å². The fraction of sp³-hybridized carbons (Fsp3) is 0.174. The van der Waals surface area contributed by atoms with E-state index in [1.165, 1.54) is 16.0 Å². The molecule has 0 heterocycles. The third kappa shape index (κ3) is 5.63.